The van der Waals surface area contributed by atoms with E-state index < -0.39 is 10.0 Å². The summed E-state index contributed by atoms with van der Waals surface area (Å²) in [5, 5.41) is 1.58. The summed E-state index contributed by atoms with van der Waals surface area (Å²) in [4.78, 5) is 4.65. The second kappa shape index (κ2) is 4.85. The van der Waals surface area contributed by atoms with Crippen molar-refractivity contribution in [2.75, 3.05) is 13.1 Å². The minimum absolute atomic E-state index is 0.249. The Morgan fingerprint density at radius 2 is 2.16 bits per heavy atom. The van der Waals surface area contributed by atoms with E-state index in [0.29, 0.717) is 18.0 Å². The van der Waals surface area contributed by atoms with Gasteiger partial charge in [0, 0.05) is 41.1 Å². The van der Waals surface area contributed by atoms with Gasteiger partial charge in [-0.2, -0.15) is 4.31 Å². The first kappa shape index (κ1) is 13.0. The van der Waals surface area contributed by atoms with Crippen LogP contribution in [0.4, 0.5) is 0 Å². The van der Waals surface area contributed by atoms with Crippen molar-refractivity contribution >= 4 is 36.7 Å². The first-order valence-corrected chi connectivity index (χ1v) is 8.41. The third-order valence-corrected chi connectivity index (χ3v) is 6.02. The maximum absolute atomic E-state index is 12.7. The summed E-state index contributed by atoms with van der Waals surface area (Å²) >= 11 is 3.48. The number of pyridine rings is 1. The Balaban J connectivity index is 2.14. The molecular formula is C13H13BrN2O2S. The lowest BCUT2D eigenvalue weighted by Crippen LogP contribution is -2.29. The number of rotatable bonds is 2. The second-order valence-corrected chi connectivity index (χ2v) is 7.80. The number of benzene rings is 1. The summed E-state index contributed by atoms with van der Waals surface area (Å²) in [6.45, 7) is 1.10. The van der Waals surface area contributed by atoms with Crippen LogP contribution in [0.1, 0.15) is 6.42 Å². The number of hydrogen-bond acceptors (Lipinski definition) is 3. The molecule has 100 valence electrons. The number of aromatic nitrogens is 1. The molecule has 1 aliphatic rings. The molecule has 0 amide bonds. The van der Waals surface area contributed by atoms with Gasteiger partial charge in [-0.3, -0.25) is 4.98 Å². The van der Waals surface area contributed by atoms with Crippen LogP contribution in [0.15, 0.2) is 41.6 Å². The Morgan fingerprint density at radius 1 is 1.32 bits per heavy atom. The highest BCUT2D eigenvalue weighted by Crippen LogP contribution is 2.28. The van der Waals surface area contributed by atoms with Crippen molar-refractivity contribution in [1.82, 2.24) is 9.29 Å². The molecule has 0 radical (unpaired) electrons. The fourth-order valence-corrected chi connectivity index (χ4v) is 4.82. The average molecular weight is 341 g/mol. The molecule has 1 saturated heterocycles. The molecule has 6 heteroatoms. The van der Waals surface area contributed by atoms with Gasteiger partial charge in [0.05, 0.1) is 4.90 Å². The highest BCUT2D eigenvalue weighted by molar-refractivity contribution is 9.09. The minimum atomic E-state index is -3.42. The van der Waals surface area contributed by atoms with Gasteiger partial charge in [0.15, 0.2) is 0 Å². The van der Waals surface area contributed by atoms with Gasteiger partial charge in [0.2, 0.25) is 10.0 Å². The summed E-state index contributed by atoms with van der Waals surface area (Å²) < 4.78 is 26.9. The third-order valence-electron chi connectivity index (χ3n) is 3.35. The predicted octanol–water partition coefficient (Wildman–Crippen LogP) is 2.39. The normalized spacial score (nSPS) is 21.0. The van der Waals surface area contributed by atoms with Gasteiger partial charge < -0.3 is 0 Å². The van der Waals surface area contributed by atoms with Crippen molar-refractivity contribution in [2.45, 2.75) is 16.1 Å². The number of halogens is 1. The van der Waals surface area contributed by atoms with Crippen LogP contribution in [0.2, 0.25) is 0 Å². The van der Waals surface area contributed by atoms with Crippen molar-refractivity contribution < 1.29 is 8.42 Å². The zero-order valence-electron chi connectivity index (χ0n) is 10.2. The highest BCUT2D eigenvalue weighted by atomic mass is 79.9. The van der Waals surface area contributed by atoms with E-state index in [1.165, 1.54) is 0 Å². The topological polar surface area (TPSA) is 50.3 Å². The molecule has 0 saturated carbocycles. The summed E-state index contributed by atoms with van der Waals surface area (Å²) in [5.74, 6) is 0. The number of fused-ring (bicyclic) bond motifs is 1. The van der Waals surface area contributed by atoms with Crippen LogP contribution in [0.3, 0.4) is 0 Å². The van der Waals surface area contributed by atoms with Crippen LogP contribution < -0.4 is 0 Å². The van der Waals surface area contributed by atoms with E-state index in [0.717, 1.165) is 17.2 Å². The van der Waals surface area contributed by atoms with E-state index >= 15 is 0 Å². The molecule has 0 spiro atoms. The molecule has 2 heterocycles. The summed E-state index contributed by atoms with van der Waals surface area (Å²) in [5.41, 5.74) is 0. The van der Waals surface area contributed by atoms with Crippen LogP contribution in [-0.4, -0.2) is 35.6 Å². The standard InChI is InChI=1S/C13H13BrN2O2S/c14-11-5-7-16(9-11)19(17,18)13-3-1-2-10-8-15-6-4-12(10)13/h1-4,6,8,11H,5,7,9H2. The van der Waals surface area contributed by atoms with Crippen molar-refractivity contribution in [3.63, 3.8) is 0 Å². The quantitative estimate of drug-likeness (QED) is 0.788. The predicted molar refractivity (Wildman–Crippen MR) is 77.8 cm³/mol. The number of hydrogen-bond donors (Lipinski definition) is 0. The third kappa shape index (κ3) is 2.28. The molecule has 1 unspecified atom stereocenters. The van der Waals surface area contributed by atoms with E-state index in [9.17, 15) is 8.42 Å². The van der Waals surface area contributed by atoms with E-state index in [2.05, 4.69) is 20.9 Å². The molecule has 19 heavy (non-hydrogen) atoms. The molecule has 1 atom stereocenters. The molecule has 3 rings (SSSR count). The monoisotopic (exact) mass is 340 g/mol. The molecule has 0 bridgehead atoms. The van der Waals surface area contributed by atoms with Gasteiger partial charge in [-0.25, -0.2) is 8.42 Å². The van der Waals surface area contributed by atoms with Crippen LogP contribution in [-0.2, 0) is 10.0 Å². The zero-order valence-corrected chi connectivity index (χ0v) is 12.6. The Bertz CT molecular complexity index is 712. The Labute approximate surface area is 120 Å². The van der Waals surface area contributed by atoms with Crippen LogP contribution in [0.5, 0.6) is 0 Å². The van der Waals surface area contributed by atoms with E-state index in [4.69, 9.17) is 0 Å². The summed E-state index contributed by atoms with van der Waals surface area (Å²) in [6.07, 6.45) is 4.16. The molecule has 0 aliphatic carbocycles. The first-order chi connectivity index (χ1) is 9.09. The minimum Gasteiger partial charge on any atom is -0.264 e. The van der Waals surface area contributed by atoms with Gasteiger partial charge in [-0.1, -0.05) is 28.1 Å². The highest BCUT2D eigenvalue weighted by Gasteiger charge is 2.32. The van der Waals surface area contributed by atoms with Crippen molar-refractivity contribution in [3.05, 3.63) is 36.7 Å². The van der Waals surface area contributed by atoms with Crippen molar-refractivity contribution in [3.8, 4) is 0 Å². The van der Waals surface area contributed by atoms with Gasteiger partial charge >= 0.3 is 0 Å². The SMILES string of the molecule is O=S(=O)(c1cccc2cnccc12)N1CCC(Br)C1. The fraction of sp³-hybridized carbons (Fsp3) is 0.308. The largest absolute Gasteiger partial charge is 0.264 e. The van der Waals surface area contributed by atoms with Crippen LogP contribution in [0, 0.1) is 0 Å². The lowest BCUT2D eigenvalue weighted by atomic mass is 10.2. The molecule has 1 aromatic heterocycles. The molecule has 4 nitrogen and oxygen atoms in total. The first-order valence-electron chi connectivity index (χ1n) is 6.06. The van der Waals surface area contributed by atoms with E-state index in [1.807, 2.05) is 6.07 Å². The number of nitrogens with zero attached hydrogens (tertiary/aromatic N) is 2. The molecule has 0 N–H and O–H groups in total. The lowest BCUT2D eigenvalue weighted by Gasteiger charge is -2.17. The molecule has 1 aromatic carbocycles. The lowest BCUT2D eigenvalue weighted by molar-refractivity contribution is 0.479. The maximum atomic E-state index is 12.7. The van der Waals surface area contributed by atoms with Gasteiger partial charge in [0.25, 0.3) is 0 Å². The molecule has 1 aliphatic heterocycles. The van der Waals surface area contributed by atoms with E-state index in [-0.39, 0.29) is 4.83 Å². The van der Waals surface area contributed by atoms with Crippen LogP contribution >= 0.6 is 15.9 Å². The Hall–Kier alpha value is -0.980. The summed E-state index contributed by atoms with van der Waals surface area (Å²) in [6, 6.07) is 7.06. The zero-order chi connectivity index (χ0) is 13.5. The van der Waals surface area contributed by atoms with Crippen LogP contribution in [0.25, 0.3) is 10.8 Å². The maximum Gasteiger partial charge on any atom is 0.243 e. The summed E-state index contributed by atoms with van der Waals surface area (Å²) in [7, 11) is -3.42. The Kier molecular flexibility index (Phi) is 3.32. The van der Waals surface area contributed by atoms with Gasteiger partial charge in [0.1, 0.15) is 0 Å². The molecule has 1 fully saturated rings. The average Bonchev–Trinajstić information content (AvgIpc) is 2.85. The van der Waals surface area contributed by atoms with E-state index in [1.54, 1.807) is 34.9 Å². The molecule has 2 aromatic rings. The number of sulfonamides is 1. The second-order valence-electron chi connectivity index (χ2n) is 4.60. The fourth-order valence-electron chi connectivity index (χ4n) is 2.36. The smallest absolute Gasteiger partial charge is 0.243 e. The van der Waals surface area contributed by atoms with Crippen molar-refractivity contribution in [2.24, 2.45) is 0 Å². The van der Waals surface area contributed by atoms with Gasteiger partial charge in [-0.05, 0) is 18.6 Å². The Morgan fingerprint density at radius 3 is 2.89 bits per heavy atom. The van der Waals surface area contributed by atoms with Crippen molar-refractivity contribution in [1.29, 1.82) is 0 Å². The van der Waals surface area contributed by atoms with Gasteiger partial charge in [-0.15, -0.1) is 0 Å². The number of alkyl halides is 1. The molecular weight excluding hydrogens is 328 g/mol.